The largest absolute Gasteiger partial charge is 0.478 e. The van der Waals surface area contributed by atoms with Gasteiger partial charge in [-0.15, -0.1) is 0 Å². The number of carboxylic acid groups (broad SMARTS) is 1. The zero-order chi connectivity index (χ0) is 14.6. The molecule has 104 valence electrons. The maximum atomic E-state index is 12.0. The Kier molecular flexibility index (Phi) is 4.92. The highest BCUT2D eigenvalue weighted by atomic mass is 16.4. The van der Waals surface area contributed by atoms with E-state index in [0.717, 1.165) is 12.0 Å². The van der Waals surface area contributed by atoms with Crippen molar-refractivity contribution >= 4 is 17.7 Å². The third kappa shape index (κ3) is 3.71. The normalized spacial score (nSPS) is 11.8. The van der Waals surface area contributed by atoms with E-state index in [1.165, 1.54) is 0 Å². The van der Waals surface area contributed by atoms with E-state index in [2.05, 4.69) is 5.32 Å². The predicted octanol–water partition coefficient (Wildman–Crippen LogP) is 2.96. The summed E-state index contributed by atoms with van der Waals surface area (Å²) in [7, 11) is 1.69. The number of carbonyl (C=O) groups is 2. The first-order chi connectivity index (χ1) is 8.86. The van der Waals surface area contributed by atoms with E-state index in [1.54, 1.807) is 30.1 Å². The summed E-state index contributed by atoms with van der Waals surface area (Å²) < 4.78 is 0. The van der Waals surface area contributed by atoms with Crippen molar-refractivity contribution in [2.75, 3.05) is 12.4 Å². The van der Waals surface area contributed by atoms with Gasteiger partial charge in [-0.25, -0.2) is 9.59 Å². The molecular formula is C14H20N2O3. The number of aromatic carboxylic acids is 1. The van der Waals surface area contributed by atoms with Gasteiger partial charge < -0.3 is 15.3 Å². The fourth-order valence-electron chi connectivity index (χ4n) is 1.62. The average molecular weight is 264 g/mol. The summed E-state index contributed by atoms with van der Waals surface area (Å²) in [5.41, 5.74) is 1.26. The molecule has 19 heavy (non-hydrogen) atoms. The summed E-state index contributed by atoms with van der Waals surface area (Å²) in [6.07, 6.45) is 0.837. The minimum absolute atomic E-state index is 0.0960. The van der Waals surface area contributed by atoms with E-state index in [0.29, 0.717) is 5.69 Å². The number of amides is 2. The molecule has 0 aliphatic heterocycles. The molecule has 2 N–H and O–H groups in total. The molecule has 0 aliphatic carbocycles. The van der Waals surface area contributed by atoms with Crippen LogP contribution in [0.1, 0.15) is 36.2 Å². The van der Waals surface area contributed by atoms with Crippen LogP contribution < -0.4 is 5.32 Å². The van der Waals surface area contributed by atoms with Gasteiger partial charge in [-0.05, 0) is 32.4 Å². The fraction of sp³-hybridized carbons (Fsp3) is 0.429. The molecule has 0 radical (unpaired) electrons. The number of carbonyl (C=O) groups excluding carboxylic acids is 1. The van der Waals surface area contributed by atoms with Crippen LogP contribution in [0, 0.1) is 6.92 Å². The van der Waals surface area contributed by atoms with Gasteiger partial charge in [0.15, 0.2) is 0 Å². The minimum Gasteiger partial charge on any atom is -0.478 e. The topological polar surface area (TPSA) is 69.6 Å². The first-order valence-corrected chi connectivity index (χ1v) is 6.24. The van der Waals surface area contributed by atoms with Crippen molar-refractivity contribution in [2.24, 2.45) is 0 Å². The molecule has 0 saturated heterocycles. The van der Waals surface area contributed by atoms with Gasteiger partial charge in [-0.3, -0.25) is 0 Å². The zero-order valence-corrected chi connectivity index (χ0v) is 11.7. The third-order valence-electron chi connectivity index (χ3n) is 3.22. The monoisotopic (exact) mass is 264 g/mol. The highest BCUT2D eigenvalue weighted by Gasteiger charge is 2.17. The average Bonchev–Trinajstić information content (AvgIpc) is 2.38. The molecule has 1 atom stereocenters. The number of benzene rings is 1. The Morgan fingerprint density at radius 1 is 1.42 bits per heavy atom. The lowest BCUT2D eigenvalue weighted by molar-refractivity contribution is 0.0698. The number of nitrogens with one attached hydrogen (secondary N) is 1. The third-order valence-corrected chi connectivity index (χ3v) is 3.22. The number of urea groups is 1. The highest BCUT2D eigenvalue weighted by molar-refractivity contribution is 6.00. The van der Waals surface area contributed by atoms with Gasteiger partial charge in [0.1, 0.15) is 0 Å². The smallest absolute Gasteiger partial charge is 0.337 e. The van der Waals surface area contributed by atoms with Crippen LogP contribution in [0.3, 0.4) is 0 Å². The van der Waals surface area contributed by atoms with Crippen LogP contribution >= 0.6 is 0 Å². The van der Waals surface area contributed by atoms with E-state index in [-0.39, 0.29) is 17.6 Å². The fourth-order valence-corrected chi connectivity index (χ4v) is 1.62. The lowest BCUT2D eigenvalue weighted by Crippen LogP contribution is -2.38. The van der Waals surface area contributed by atoms with Crippen molar-refractivity contribution in [3.05, 3.63) is 29.3 Å². The van der Waals surface area contributed by atoms with Gasteiger partial charge in [0, 0.05) is 13.1 Å². The Balaban J connectivity index is 2.94. The van der Waals surface area contributed by atoms with Gasteiger partial charge in [0.05, 0.1) is 11.3 Å². The molecule has 1 aromatic rings. The minimum atomic E-state index is -1.05. The summed E-state index contributed by atoms with van der Waals surface area (Å²) in [6.45, 7) is 5.74. The summed E-state index contributed by atoms with van der Waals surface area (Å²) in [6, 6.07) is 4.72. The molecule has 1 aromatic carbocycles. The van der Waals surface area contributed by atoms with E-state index in [1.807, 2.05) is 20.8 Å². The molecular weight excluding hydrogens is 244 g/mol. The maximum Gasteiger partial charge on any atom is 0.337 e. The Morgan fingerprint density at radius 2 is 2.05 bits per heavy atom. The molecule has 5 heteroatoms. The molecule has 0 bridgehead atoms. The second-order valence-electron chi connectivity index (χ2n) is 4.65. The first-order valence-electron chi connectivity index (χ1n) is 6.24. The standard InChI is InChI=1S/C14H20N2O3/c1-5-10(3)16(4)14(19)15-12-7-6-9(2)8-11(12)13(17)18/h6-8,10H,5H2,1-4H3,(H,15,19)(H,17,18). The van der Waals surface area contributed by atoms with Crippen LogP contribution in [0.4, 0.5) is 10.5 Å². The van der Waals surface area contributed by atoms with Crippen LogP contribution in [0.2, 0.25) is 0 Å². The van der Waals surface area contributed by atoms with Gasteiger partial charge in [0.2, 0.25) is 0 Å². The van der Waals surface area contributed by atoms with Crippen LogP contribution in [0.15, 0.2) is 18.2 Å². The molecule has 5 nitrogen and oxygen atoms in total. The van der Waals surface area contributed by atoms with Crippen LogP contribution in [-0.4, -0.2) is 35.1 Å². The molecule has 0 heterocycles. The molecule has 0 spiro atoms. The summed E-state index contributed by atoms with van der Waals surface area (Å²) in [5, 5.41) is 11.8. The summed E-state index contributed by atoms with van der Waals surface area (Å²) in [4.78, 5) is 24.7. The predicted molar refractivity (Wildman–Crippen MR) is 74.7 cm³/mol. The summed E-state index contributed by atoms with van der Waals surface area (Å²) in [5.74, 6) is -1.05. The number of aryl methyl sites for hydroxylation is 1. The molecule has 0 fully saturated rings. The Labute approximate surface area is 113 Å². The van der Waals surface area contributed by atoms with E-state index >= 15 is 0 Å². The van der Waals surface area contributed by atoms with Crippen molar-refractivity contribution in [1.29, 1.82) is 0 Å². The Morgan fingerprint density at radius 3 is 2.58 bits per heavy atom. The highest BCUT2D eigenvalue weighted by Crippen LogP contribution is 2.18. The maximum absolute atomic E-state index is 12.0. The number of hydrogen-bond acceptors (Lipinski definition) is 2. The quantitative estimate of drug-likeness (QED) is 0.878. The molecule has 2 amide bonds. The number of rotatable bonds is 4. The molecule has 0 saturated carbocycles. The molecule has 1 rings (SSSR count). The summed E-state index contributed by atoms with van der Waals surface area (Å²) >= 11 is 0. The van der Waals surface area contributed by atoms with E-state index in [4.69, 9.17) is 5.11 Å². The zero-order valence-electron chi connectivity index (χ0n) is 11.7. The number of nitrogens with zero attached hydrogens (tertiary/aromatic N) is 1. The van der Waals surface area contributed by atoms with Crippen LogP contribution in [0.5, 0.6) is 0 Å². The number of carboxylic acids is 1. The van der Waals surface area contributed by atoms with Crippen LogP contribution in [-0.2, 0) is 0 Å². The second-order valence-corrected chi connectivity index (χ2v) is 4.65. The van der Waals surface area contributed by atoms with Crippen molar-refractivity contribution < 1.29 is 14.7 Å². The van der Waals surface area contributed by atoms with Crippen molar-refractivity contribution in [1.82, 2.24) is 4.90 Å². The van der Waals surface area contributed by atoms with Crippen molar-refractivity contribution in [3.63, 3.8) is 0 Å². The van der Waals surface area contributed by atoms with Gasteiger partial charge in [-0.2, -0.15) is 0 Å². The molecule has 0 aromatic heterocycles. The molecule has 0 aliphatic rings. The number of anilines is 1. The molecule has 1 unspecified atom stereocenters. The second kappa shape index (κ2) is 6.22. The first kappa shape index (κ1) is 15.0. The van der Waals surface area contributed by atoms with E-state index < -0.39 is 5.97 Å². The van der Waals surface area contributed by atoms with Gasteiger partial charge in [0.25, 0.3) is 0 Å². The van der Waals surface area contributed by atoms with Crippen LogP contribution in [0.25, 0.3) is 0 Å². The number of hydrogen-bond donors (Lipinski definition) is 2. The SMILES string of the molecule is CCC(C)N(C)C(=O)Nc1ccc(C)cc1C(=O)O. The van der Waals surface area contributed by atoms with Crippen molar-refractivity contribution in [3.8, 4) is 0 Å². The van der Waals surface area contributed by atoms with E-state index in [9.17, 15) is 9.59 Å². The van der Waals surface area contributed by atoms with Gasteiger partial charge in [-0.1, -0.05) is 18.6 Å². The van der Waals surface area contributed by atoms with Crippen molar-refractivity contribution in [2.45, 2.75) is 33.2 Å². The lowest BCUT2D eigenvalue weighted by atomic mass is 10.1. The Bertz CT molecular complexity index is 486. The van der Waals surface area contributed by atoms with Gasteiger partial charge >= 0.3 is 12.0 Å². The Hall–Kier alpha value is -2.04. The lowest BCUT2D eigenvalue weighted by Gasteiger charge is -2.24.